The molecule has 0 saturated heterocycles. The first-order valence-electron chi connectivity index (χ1n) is 13.5. The van der Waals surface area contributed by atoms with Crippen LogP contribution in [0.15, 0.2) is 146 Å². The molecule has 0 fully saturated rings. The third-order valence-electron chi connectivity index (χ3n) is 7.14. The van der Waals surface area contributed by atoms with Crippen molar-refractivity contribution in [2.75, 3.05) is 19.1 Å². The van der Waals surface area contributed by atoms with Gasteiger partial charge in [0.1, 0.15) is 0 Å². The molecule has 0 bridgehead atoms. The zero-order valence-electron chi connectivity index (χ0n) is 23.1. The highest BCUT2D eigenvalue weighted by atomic mass is 16.5. The van der Waals surface area contributed by atoms with Gasteiger partial charge in [-0.2, -0.15) is 0 Å². The van der Waals surface area contributed by atoms with Crippen LogP contribution in [0.4, 0.5) is 17.1 Å². The lowest BCUT2D eigenvalue weighted by atomic mass is 9.86. The Labute approximate surface area is 241 Å². The second-order valence-corrected chi connectivity index (χ2v) is 9.51. The molecule has 0 aliphatic carbocycles. The smallest absolute Gasteiger partial charge is 0.171 e. The molecule has 0 amide bonds. The van der Waals surface area contributed by atoms with Crippen LogP contribution in [-0.2, 0) is 0 Å². The molecule has 6 rings (SSSR count). The van der Waals surface area contributed by atoms with Crippen LogP contribution in [0.2, 0.25) is 0 Å². The van der Waals surface area contributed by atoms with Crippen LogP contribution in [0.5, 0.6) is 11.5 Å². The van der Waals surface area contributed by atoms with E-state index >= 15 is 0 Å². The first-order chi connectivity index (χ1) is 20.3. The van der Waals surface area contributed by atoms with E-state index in [1.807, 2.05) is 48.8 Å². The molecule has 6 aromatic rings. The summed E-state index contributed by atoms with van der Waals surface area (Å²) in [5.41, 5.74) is 9.01. The number of hydrogen-bond acceptors (Lipinski definition) is 4. The highest BCUT2D eigenvalue weighted by molar-refractivity contribution is 6.08. The number of anilines is 3. The minimum absolute atomic E-state index is 0.657. The molecule has 0 spiro atoms. The lowest BCUT2D eigenvalue weighted by Gasteiger charge is -2.33. The molecule has 0 saturated carbocycles. The minimum Gasteiger partial charge on any atom is -0.492 e. The van der Waals surface area contributed by atoms with Crippen LogP contribution in [-0.4, -0.2) is 19.2 Å². The molecule has 0 radical (unpaired) electrons. The maximum absolute atomic E-state index is 6.27. The van der Waals surface area contributed by atoms with E-state index in [1.54, 1.807) is 14.2 Å². The number of para-hydroxylation sites is 2. The topological polar surface area (TPSA) is 34.6 Å². The van der Waals surface area contributed by atoms with Gasteiger partial charge < -0.3 is 14.4 Å². The van der Waals surface area contributed by atoms with Gasteiger partial charge in [0.15, 0.2) is 11.5 Å². The lowest BCUT2D eigenvalue weighted by molar-refractivity contribution is 0.357. The molecule has 41 heavy (non-hydrogen) atoms. The molecule has 4 heteroatoms. The van der Waals surface area contributed by atoms with Crippen LogP contribution in [0.25, 0.3) is 33.4 Å². The molecule has 0 aliphatic heterocycles. The first-order valence-corrected chi connectivity index (χ1v) is 13.5. The third-order valence-corrected chi connectivity index (χ3v) is 7.14. The largest absolute Gasteiger partial charge is 0.492 e. The number of nitrogens with zero attached hydrogens (tertiary/aromatic N) is 2. The Morgan fingerprint density at radius 2 is 0.829 bits per heavy atom. The van der Waals surface area contributed by atoms with Gasteiger partial charge >= 0.3 is 0 Å². The molecule has 1 aromatic heterocycles. The first kappa shape index (κ1) is 25.9. The van der Waals surface area contributed by atoms with Crippen molar-refractivity contribution in [1.82, 2.24) is 4.98 Å². The SMILES string of the molecule is COc1c(OC)c(-c2ccncc2)c(N(c2ccccc2)c2ccccc2)c(-c2ccccc2)c1-c1ccccc1. The third kappa shape index (κ3) is 4.92. The Kier molecular flexibility index (Phi) is 7.46. The zero-order chi connectivity index (χ0) is 28.0. The van der Waals surface area contributed by atoms with Crippen molar-refractivity contribution in [1.29, 1.82) is 0 Å². The summed E-state index contributed by atoms with van der Waals surface area (Å²) in [6, 6.07) is 45.8. The van der Waals surface area contributed by atoms with E-state index in [2.05, 4.69) is 107 Å². The Bertz CT molecular complexity index is 1690. The zero-order valence-corrected chi connectivity index (χ0v) is 23.1. The van der Waals surface area contributed by atoms with Crippen LogP contribution in [0.1, 0.15) is 0 Å². The second-order valence-electron chi connectivity index (χ2n) is 9.51. The number of ether oxygens (including phenoxy) is 2. The number of hydrogen-bond donors (Lipinski definition) is 0. The van der Waals surface area contributed by atoms with Crippen molar-refractivity contribution in [3.63, 3.8) is 0 Å². The molecule has 0 N–H and O–H groups in total. The monoisotopic (exact) mass is 534 g/mol. The summed E-state index contributed by atoms with van der Waals surface area (Å²) < 4.78 is 12.5. The summed E-state index contributed by atoms with van der Waals surface area (Å²) in [6.07, 6.45) is 3.63. The summed E-state index contributed by atoms with van der Waals surface area (Å²) in [4.78, 5) is 6.63. The normalized spacial score (nSPS) is 10.7. The maximum Gasteiger partial charge on any atom is 0.171 e. The predicted octanol–water partition coefficient (Wildman–Crippen LogP) is 9.57. The fourth-order valence-corrected chi connectivity index (χ4v) is 5.42. The van der Waals surface area contributed by atoms with Gasteiger partial charge in [0.2, 0.25) is 0 Å². The fourth-order valence-electron chi connectivity index (χ4n) is 5.42. The number of benzene rings is 5. The minimum atomic E-state index is 0.657. The summed E-state index contributed by atoms with van der Waals surface area (Å²) in [7, 11) is 3.42. The van der Waals surface area contributed by atoms with E-state index in [0.29, 0.717) is 11.5 Å². The van der Waals surface area contributed by atoms with E-state index in [-0.39, 0.29) is 0 Å². The molecular weight excluding hydrogens is 504 g/mol. The molecule has 1 heterocycles. The van der Waals surface area contributed by atoms with Crippen LogP contribution in [0, 0.1) is 0 Å². The van der Waals surface area contributed by atoms with Crippen LogP contribution < -0.4 is 14.4 Å². The average molecular weight is 535 g/mol. The van der Waals surface area contributed by atoms with Crippen molar-refractivity contribution in [3.8, 4) is 44.9 Å². The van der Waals surface area contributed by atoms with Crippen molar-refractivity contribution in [2.45, 2.75) is 0 Å². The summed E-state index contributed by atoms with van der Waals surface area (Å²) in [5.74, 6) is 1.33. The predicted molar refractivity (Wildman–Crippen MR) is 168 cm³/mol. The maximum atomic E-state index is 6.27. The van der Waals surface area contributed by atoms with Crippen molar-refractivity contribution < 1.29 is 9.47 Å². The molecule has 0 aliphatic rings. The van der Waals surface area contributed by atoms with Gasteiger partial charge in [-0.25, -0.2) is 0 Å². The van der Waals surface area contributed by atoms with Crippen molar-refractivity contribution in [2.24, 2.45) is 0 Å². The van der Waals surface area contributed by atoms with Crippen LogP contribution >= 0.6 is 0 Å². The Morgan fingerprint density at radius 3 is 1.29 bits per heavy atom. The standard InChI is InChI=1S/C37H30N2O2/c1-40-36-33(28-17-9-4-10-18-28)32(27-15-7-3-8-16-27)35(34(37(36)41-2)29-23-25-38-26-24-29)39(30-19-11-5-12-20-30)31-21-13-6-14-22-31/h3-26H,1-2H3. The van der Waals surface area contributed by atoms with Gasteiger partial charge in [0, 0.05) is 34.9 Å². The summed E-state index contributed by atoms with van der Waals surface area (Å²) in [6.45, 7) is 0. The fraction of sp³-hybridized carbons (Fsp3) is 0.0541. The molecule has 200 valence electrons. The Morgan fingerprint density at radius 1 is 0.439 bits per heavy atom. The second kappa shape index (κ2) is 11.8. The van der Waals surface area contributed by atoms with Gasteiger partial charge in [0.05, 0.1) is 25.5 Å². The van der Waals surface area contributed by atoms with E-state index in [1.165, 1.54) is 0 Å². The molecular formula is C37H30N2O2. The summed E-state index contributed by atoms with van der Waals surface area (Å²) >= 11 is 0. The highest BCUT2D eigenvalue weighted by Crippen LogP contribution is 2.58. The number of aromatic nitrogens is 1. The van der Waals surface area contributed by atoms with Gasteiger partial charge in [-0.3, -0.25) is 4.98 Å². The van der Waals surface area contributed by atoms with Gasteiger partial charge in [-0.15, -0.1) is 0 Å². The van der Waals surface area contributed by atoms with Crippen molar-refractivity contribution >= 4 is 17.1 Å². The number of rotatable bonds is 8. The highest BCUT2D eigenvalue weighted by Gasteiger charge is 2.32. The Hall–Kier alpha value is -5.35. The lowest BCUT2D eigenvalue weighted by Crippen LogP contribution is -2.14. The van der Waals surface area contributed by atoms with Crippen molar-refractivity contribution in [3.05, 3.63) is 146 Å². The van der Waals surface area contributed by atoms with E-state index in [0.717, 1.165) is 50.4 Å². The van der Waals surface area contributed by atoms with Gasteiger partial charge in [-0.1, -0.05) is 97.1 Å². The Balaban J connectivity index is 1.88. The quantitative estimate of drug-likeness (QED) is 0.195. The van der Waals surface area contributed by atoms with E-state index in [9.17, 15) is 0 Å². The van der Waals surface area contributed by atoms with Crippen LogP contribution in [0.3, 0.4) is 0 Å². The van der Waals surface area contributed by atoms with Gasteiger partial charge in [-0.05, 0) is 53.1 Å². The molecule has 5 aromatic carbocycles. The number of pyridine rings is 1. The van der Waals surface area contributed by atoms with E-state index in [4.69, 9.17) is 9.47 Å². The number of methoxy groups -OCH3 is 2. The molecule has 4 nitrogen and oxygen atoms in total. The average Bonchev–Trinajstić information content (AvgIpc) is 3.06. The van der Waals surface area contributed by atoms with Gasteiger partial charge in [0.25, 0.3) is 0 Å². The molecule has 0 unspecified atom stereocenters. The van der Waals surface area contributed by atoms with E-state index < -0.39 is 0 Å². The summed E-state index contributed by atoms with van der Waals surface area (Å²) in [5, 5.41) is 0. The molecule has 0 atom stereocenters.